The van der Waals surface area contributed by atoms with E-state index >= 15 is 0 Å². The van der Waals surface area contributed by atoms with Crippen molar-refractivity contribution in [3.05, 3.63) is 16.3 Å². The highest BCUT2D eigenvalue weighted by atomic mass is 16.4. The van der Waals surface area contributed by atoms with Crippen LogP contribution in [0.25, 0.3) is 0 Å². The minimum absolute atomic E-state index is 0.0359. The van der Waals surface area contributed by atoms with Crippen molar-refractivity contribution in [3.63, 3.8) is 0 Å². The van der Waals surface area contributed by atoms with Crippen LogP contribution in [0.15, 0.2) is 4.79 Å². The molecule has 1 aromatic rings. The Balaban J connectivity index is 1.64. The summed E-state index contributed by atoms with van der Waals surface area (Å²) < 4.78 is 3.19. The van der Waals surface area contributed by atoms with Gasteiger partial charge >= 0.3 is 17.7 Å². The summed E-state index contributed by atoms with van der Waals surface area (Å²) in [7, 11) is 0. The number of carbonyl (C=O) groups is 2. The predicted octanol–water partition coefficient (Wildman–Crippen LogP) is -0.0648. The Morgan fingerprint density at radius 3 is 2.61 bits per heavy atom. The smallest absolute Gasteiger partial charge is 0.345 e. The molecule has 2 rings (SSSR count). The van der Waals surface area contributed by atoms with Crippen LogP contribution in [0.2, 0.25) is 0 Å². The zero-order valence-electron chi connectivity index (χ0n) is 13.1. The number of amides is 2. The lowest BCUT2D eigenvalue weighted by molar-refractivity contribution is -0.137. The maximum atomic E-state index is 12.1. The van der Waals surface area contributed by atoms with Crippen LogP contribution in [0.3, 0.4) is 0 Å². The van der Waals surface area contributed by atoms with Crippen molar-refractivity contribution >= 4 is 12.0 Å². The van der Waals surface area contributed by atoms with Gasteiger partial charge in [-0.05, 0) is 25.7 Å². The number of carboxylic acid groups (broad SMARTS) is 1. The van der Waals surface area contributed by atoms with Crippen molar-refractivity contribution in [1.82, 2.24) is 25.0 Å². The van der Waals surface area contributed by atoms with Crippen LogP contribution in [-0.2, 0) is 24.3 Å². The Bertz CT molecular complexity index is 607. The van der Waals surface area contributed by atoms with Gasteiger partial charge < -0.3 is 15.7 Å². The monoisotopic (exact) mass is 325 g/mol. The lowest BCUT2D eigenvalue weighted by Gasteiger charge is -2.09. The second-order valence-corrected chi connectivity index (χ2v) is 5.56. The molecule has 1 aliphatic rings. The molecule has 23 heavy (non-hydrogen) atoms. The van der Waals surface area contributed by atoms with Gasteiger partial charge in [-0.25, -0.2) is 14.3 Å². The normalized spacial score (nSPS) is 13.4. The van der Waals surface area contributed by atoms with E-state index in [4.69, 9.17) is 5.11 Å². The van der Waals surface area contributed by atoms with Crippen molar-refractivity contribution < 1.29 is 14.7 Å². The van der Waals surface area contributed by atoms with E-state index in [0.717, 1.165) is 31.6 Å². The number of carboxylic acids is 1. The number of aryl methyl sites for hydroxylation is 2. The van der Waals surface area contributed by atoms with Gasteiger partial charge in [0.25, 0.3) is 0 Å². The molecule has 2 heterocycles. The lowest BCUT2D eigenvalue weighted by atomic mass is 10.2. The van der Waals surface area contributed by atoms with Gasteiger partial charge in [0, 0.05) is 39.0 Å². The highest BCUT2D eigenvalue weighted by Crippen LogP contribution is 2.09. The summed E-state index contributed by atoms with van der Waals surface area (Å²) in [6.07, 6.45) is 3.98. The number of hydrogen-bond acceptors (Lipinski definition) is 4. The summed E-state index contributed by atoms with van der Waals surface area (Å²) in [4.78, 5) is 33.9. The van der Waals surface area contributed by atoms with E-state index in [0.29, 0.717) is 32.5 Å². The largest absolute Gasteiger partial charge is 0.481 e. The fraction of sp³-hybridized carbons (Fsp3) is 0.714. The van der Waals surface area contributed by atoms with Gasteiger partial charge in [-0.15, -0.1) is 0 Å². The standard InChI is InChI=1S/C14H23N5O4/c20-12(21)6-3-7-15-13(22)16-8-4-10-19-14(23)18-9-2-1-5-11(18)17-19/h1-10H2,(H,20,21)(H2,15,16,22). The molecule has 0 saturated carbocycles. The van der Waals surface area contributed by atoms with Gasteiger partial charge in [-0.2, -0.15) is 5.10 Å². The third-order valence-electron chi connectivity index (χ3n) is 3.72. The molecule has 0 spiro atoms. The third kappa shape index (κ3) is 5.11. The molecule has 3 N–H and O–H groups in total. The molecule has 0 radical (unpaired) electrons. The van der Waals surface area contributed by atoms with Gasteiger partial charge in [0.05, 0.1) is 0 Å². The third-order valence-corrected chi connectivity index (χ3v) is 3.72. The molecule has 0 atom stereocenters. The zero-order chi connectivity index (χ0) is 16.7. The van der Waals surface area contributed by atoms with Crippen molar-refractivity contribution in [3.8, 4) is 0 Å². The Morgan fingerprint density at radius 2 is 1.91 bits per heavy atom. The Kier molecular flexibility index (Phi) is 6.19. The van der Waals surface area contributed by atoms with Crippen molar-refractivity contribution in [2.75, 3.05) is 13.1 Å². The van der Waals surface area contributed by atoms with E-state index < -0.39 is 5.97 Å². The summed E-state index contributed by atoms with van der Waals surface area (Å²) in [5.74, 6) is -0.0224. The molecule has 0 unspecified atom stereocenters. The lowest BCUT2D eigenvalue weighted by Crippen LogP contribution is -2.37. The van der Waals surface area contributed by atoms with E-state index in [9.17, 15) is 14.4 Å². The minimum atomic E-state index is -0.875. The molecule has 0 aliphatic carbocycles. The molecule has 0 aromatic carbocycles. The van der Waals surface area contributed by atoms with Crippen LogP contribution >= 0.6 is 0 Å². The van der Waals surface area contributed by atoms with Crippen molar-refractivity contribution in [1.29, 1.82) is 0 Å². The van der Waals surface area contributed by atoms with E-state index in [1.165, 1.54) is 4.68 Å². The first-order valence-electron chi connectivity index (χ1n) is 7.98. The Labute approximate surface area is 133 Å². The quantitative estimate of drug-likeness (QED) is 0.578. The topological polar surface area (TPSA) is 118 Å². The highest BCUT2D eigenvalue weighted by molar-refractivity contribution is 5.73. The fourth-order valence-electron chi connectivity index (χ4n) is 2.53. The second kappa shape index (κ2) is 8.35. The van der Waals surface area contributed by atoms with Crippen LogP contribution < -0.4 is 16.3 Å². The average Bonchev–Trinajstić information content (AvgIpc) is 2.85. The number of hydrogen-bond donors (Lipinski definition) is 3. The Hall–Kier alpha value is -2.32. The first-order chi connectivity index (χ1) is 11.1. The van der Waals surface area contributed by atoms with Crippen LogP contribution in [0.1, 0.15) is 37.9 Å². The second-order valence-electron chi connectivity index (χ2n) is 5.56. The summed E-state index contributed by atoms with van der Waals surface area (Å²) >= 11 is 0. The highest BCUT2D eigenvalue weighted by Gasteiger charge is 2.16. The van der Waals surface area contributed by atoms with Gasteiger partial charge in [0.1, 0.15) is 5.82 Å². The van der Waals surface area contributed by atoms with E-state index in [1.807, 2.05) is 0 Å². The van der Waals surface area contributed by atoms with Crippen LogP contribution in [0, 0.1) is 0 Å². The van der Waals surface area contributed by atoms with Crippen LogP contribution in [0.4, 0.5) is 4.79 Å². The Morgan fingerprint density at radius 1 is 1.17 bits per heavy atom. The van der Waals surface area contributed by atoms with Gasteiger partial charge in [0.2, 0.25) is 0 Å². The maximum Gasteiger partial charge on any atom is 0.345 e. The zero-order valence-corrected chi connectivity index (χ0v) is 13.1. The summed E-state index contributed by atoms with van der Waals surface area (Å²) in [6.45, 7) is 1.97. The number of urea groups is 1. The van der Waals surface area contributed by atoms with Crippen molar-refractivity contribution in [2.24, 2.45) is 0 Å². The van der Waals surface area contributed by atoms with Crippen molar-refractivity contribution in [2.45, 2.75) is 51.6 Å². The molecular formula is C14H23N5O4. The maximum absolute atomic E-state index is 12.1. The number of aromatic nitrogens is 3. The summed E-state index contributed by atoms with van der Waals surface area (Å²) in [5, 5.41) is 18.1. The molecule has 128 valence electrons. The molecule has 2 amide bonds. The number of rotatable bonds is 8. The van der Waals surface area contributed by atoms with Gasteiger partial charge in [-0.3, -0.25) is 9.36 Å². The molecule has 9 nitrogen and oxygen atoms in total. The fourth-order valence-corrected chi connectivity index (χ4v) is 2.53. The van der Waals surface area contributed by atoms with Crippen LogP contribution in [0.5, 0.6) is 0 Å². The first kappa shape index (κ1) is 17.0. The van der Waals surface area contributed by atoms with Gasteiger partial charge in [0.15, 0.2) is 0 Å². The number of fused-ring (bicyclic) bond motifs is 1. The molecular weight excluding hydrogens is 302 g/mol. The molecule has 0 saturated heterocycles. The number of nitrogens with one attached hydrogen (secondary N) is 2. The predicted molar refractivity (Wildman–Crippen MR) is 82.3 cm³/mol. The molecule has 1 aliphatic heterocycles. The van der Waals surface area contributed by atoms with Crippen LogP contribution in [-0.4, -0.2) is 44.5 Å². The number of carbonyl (C=O) groups excluding carboxylic acids is 1. The molecule has 1 aromatic heterocycles. The molecule has 0 bridgehead atoms. The summed E-state index contributed by atoms with van der Waals surface area (Å²) in [6, 6.07) is -0.327. The average molecular weight is 325 g/mol. The van der Waals surface area contributed by atoms with E-state index in [1.54, 1.807) is 4.57 Å². The van der Waals surface area contributed by atoms with E-state index in [-0.39, 0.29) is 18.1 Å². The summed E-state index contributed by atoms with van der Waals surface area (Å²) in [5.41, 5.74) is -0.0715. The van der Waals surface area contributed by atoms with Gasteiger partial charge in [-0.1, -0.05) is 0 Å². The molecule has 9 heteroatoms. The number of aliphatic carboxylic acids is 1. The molecule has 0 fully saturated rings. The SMILES string of the molecule is O=C(O)CCCNC(=O)NCCCn1nc2n(c1=O)CCCC2. The first-order valence-corrected chi connectivity index (χ1v) is 7.98. The minimum Gasteiger partial charge on any atom is -0.481 e. The number of nitrogens with zero attached hydrogens (tertiary/aromatic N) is 3. The van der Waals surface area contributed by atoms with E-state index in [2.05, 4.69) is 15.7 Å².